The lowest BCUT2D eigenvalue weighted by atomic mass is 10.1. The number of hydrogen-bond donors (Lipinski definition) is 2. The van der Waals surface area contributed by atoms with Crippen molar-refractivity contribution in [2.75, 3.05) is 18.1 Å². The SMILES string of the molecule is CSCc1ccc(C(=O)Nc2cccc(C(=O)NCC(F)(F)F)c2)cc1. The number of benzene rings is 2. The number of rotatable bonds is 6. The highest BCUT2D eigenvalue weighted by molar-refractivity contribution is 7.97. The van der Waals surface area contributed by atoms with Crippen molar-refractivity contribution in [2.45, 2.75) is 11.9 Å². The number of carbonyl (C=O) groups is 2. The van der Waals surface area contributed by atoms with Crippen LogP contribution in [0.3, 0.4) is 0 Å². The van der Waals surface area contributed by atoms with Crippen molar-refractivity contribution in [3.8, 4) is 0 Å². The second kappa shape index (κ2) is 8.75. The molecular weight excluding hydrogens is 365 g/mol. The van der Waals surface area contributed by atoms with Crippen molar-refractivity contribution in [1.82, 2.24) is 5.32 Å². The first-order valence-electron chi connectivity index (χ1n) is 7.63. The number of alkyl halides is 3. The van der Waals surface area contributed by atoms with Crippen LogP contribution in [0.15, 0.2) is 48.5 Å². The number of carbonyl (C=O) groups excluding carboxylic acids is 2. The number of hydrogen-bond acceptors (Lipinski definition) is 3. The third-order valence-corrected chi connectivity index (χ3v) is 3.98. The number of halogens is 3. The van der Waals surface area contributed by atoms with Crippen LogP contribution in [0.5, 0.6) is 0 Å². The number of thioether (sulfide) groups is 1. The van der Waals surface area contributed by atoms with Gasteiger partial charge in [0.05, 0.1) is 0 Å². The Balaban J connectivity index is 2.03. The zero-order chi connectivity index (χ0) is 19.2. The van der Waals surface area contributed by atoms with Crippen LogP contribution in [-0.2, 0) is 5.75 Å². The van der Waals surface area contributed by atoms with E-state index in [1.807, 2.05) is 18.4 Å². The molecule has 0 spiro atoms. The lowest BCUT2D eigenvalue weighted by Crippen LogP contribution is -2.33. The minimum atomic E-state index is -4.48. The molecule has 0 fully saturated rings. The summed E-state index contributed by atoms with van der Waals surface area (Å²) in [6, 6.07) is 12.8. The molecule has 0 atom stereocenters. The van der Waals surface area contributed by atoms with Gasteiger partial charge in [0.2, 0.25) is 0 Å². The number of amides is 2. The zero-order valence-corrected chi connectivity index (χ0v) is 14.7. The van der Waals surface area contributed by atoms with Crippen molar-refractivity contribution < 1.29 is 22.8 Å². The first-order chi connectivity index (χ1) is 12.3. The molecule has 0 saturated heterocycles. The van der Waals surface area contributed by atoms with Gasteiger partial charge in [-0.05, 0) is 42.2 Å². The summed E-state index contributed by atoms with van der Waals surface area (Å²) in [6.45, 7) is -1.41. The monoisotopic (exact) mass is 382 g/mol. The van der Waals surface area contributed by atoms with E-state index in [1.54, 1.807) is 35.3 Å². The van der Waals surface area contributed by atoms with Gasteiger partial charge in [0.25, 0.3) is 11.8 Å². The summed E-state index contributed by atoms with van der Waals surface area (Å²) in [5.74, 6) is -0.384. The Hall–Kier alpha value is -2.48. The highest BCUT2D eigenvalue weighted by atomic mass is 32.2. The smallest absolute Gasteiger partial charge is 0.343 e. The highest BCUT2D eigenvalue weighted by Crippen LogP contribution is 2.16. The van der Waals surface area contributed by atoms with E-state index >= 15 is 0 Å². The van der Waals surface area contributed by atoms with E-state index in [0.29, 0.717) is 11.3 Å². The summed E-state index contributed by atoms with van der Waals surface area (Å²) in [5, 5.41) is 4.42. The van der Waals surface area contributed by atoms with Gasteiger partial charge in [-0.3, -0.25) is 9.59 Å². The summed E-state index contributed by atoms with van der Waals surface area (Å²) in [4.78, 5) is 24.0. The fourth-order valence-electron chi connectivity index (χ4n) is 2.14. The van der Waals surface area contributed by atoms with Crippen molar-refractivity contribution in [1.29, 1.82) is 0 Å². The van der Waals surface area contributed by atoms with Gasteiger partial charge in [-0.25, -0.2) is 0 Å². The van der Waals surface area contributed by atoms with Crippen LogP contribution in [0.4, 0.5) is 18.9 Å². The summed E-state index contributed by atoms with van der Waals surface area (Å²) >= 11 is 1.67. The average Bonchev–Trinajstić information content (AvgIpc) is 2.60. The van der Waals surface area contributed by atoms with E-state index in [1.165, 1.54) is 18.2 Å². The number of anilines is 1. The molecule has 0 heterocycles. The van der Waals surface area contributed by atoms with Gasteiger partial charge in [0.15, 0.2) is 0 Å². The molecule has 0 aliphatic heterocycles. The minimum Gasteiger partial charge on any atom is -0.343 e. The molecule has 8 heteroatoms. The molecule has 2 aromatic carbocycles. The lowest BCUT2D eigenvalue weighted by Gasteiger charge is -2.10. The molecule has 4 nitrogen and oxygen atoms in total. The summed E-state index contributed by atoms with van der Waals surface area (Å²) in [6.07, 6.45) is -2.50. The molecule has 2 aromatic rings. The van der Waals surface area contributed by atoms with Gasteiger partial charge in [0.1, 0.15) is 6.54 Å². The van der Waals surface area contributed by atoms with Crippen LogP contribution in [0.1, 0.15) is 26.3 Å². The molecule has 0 unspecified atom stereocenters. The van der Waals surface area contributed by atoms with Gasteiger partial charge in [-0.2, -0.15) is 24.9 Å². The van der Waals surface area contributed by atoms with Gasteiger partial charge < -0.3 is 10.6 Å². The predicted octanol–water partition coefficient (Wildman–Crippen LogP) is 4.09. The van der Waals surface area contributed by atoms with Crippen molar-refractivity contribution in [3.05, 3.63) is 65.2 Å². The highest BCUT2D eigenvalue weighted by Gasteiger charge is 2.27. The molecule has 0 aliphatic rings. The molecular formula is C18H17F3N2O2S. The molecule has 2 N–H and O–H groups in total. The predicted molar refractivity (Wildman–Crippen MR) is 96.4 cm³/mol. The Labute approximate surface area is 153 Å². The maximum Gasteiger partial charge on any atom is 0.405 e. The quantitative estimate of drug-likeness (QED) is 0.791. The Morgan fingerprint density at radius 2 is 1.69 bits per heavy atom. The van der Waals surface area contributed by atoms with E-state index < -0.39 is 18.6 Å². The first kappa shape index (κ1) is 19.8. The van der Waals surface area contributed by atoms with Gasteiger partial charge >= 0.3 is 6.18 Å². The summed E-state index contributed by atoms with van der Waals surface area (Å²) < 4.78 is 36.5. The minimum absolute atomic E-state index is 0.0300. The molecule has 0 aliphatic carbocycles. The molecule has 2 amide bonds. The third kappa shape index (κ3) is 6.11. The normalized spacial score (nSPS) is 11.1. The van der Waals surface area contributed by atoms with E-state index in [-0.39, 0.29) is 11.5 Å². The molecule has 0 aromatic heterocycles. The maximum absolute atomic E-state index is 12.3. The number of nitrogens with one attached hydrogen (secondary N) is 2. The molecule has 0 saturated carbocycles. The van der Waals surface area contributed by atoms with Crippen LogP contribution >= 0.6 is 11.8 Å². The van der Waals surface area contributed by atoms with Crippen LogP contribution < -0.4 is 10.6 Å². The third-order valence-electron chi connectivity index (χ3n) is 3.36. The zero-order valence-electron chi connectivity index (χ0n) is 13.9. The van der Waals surface area contributed by atoms with Crippen molar-refractivity contribution in [3.63, 3.8) is 0 Å². The molecule has 0 bridgehead atoms. The van der Waals surface area contributed by atoms with E-state index in [4.69, 9.17) is 0 Å². The molecule has 26 heavy (non-hydrogen) atoms. The van der Waals surface area contributed by atoms with Crippen LogP contribution in [-0.4, -0.2) is 30.8 Å². The summed E-state index contributed by atoms with van der Waals surface area (Å²) in [5.41, 5.74) is 1.89. The standard InChI is InChI=1S/C18H17F3N2O2S/c1-26-10-12-5-7-13(8-6-12)17(25)23-15-4-2-3-14(9-15)16(24)22-11-18(19,20)21/h2-9H,10-11H2,1H3,(H,22,24)(H,23,25). The first-order valence-corrected chi connectivity index (χ1v) is 9.02. The Morgan fingerprint density at radius 1 is 1.00 bits per heavy atom. The van der Waals surface area contributed by atoms with E-state index in [9.17, 15) is 22.8 Å². The van der Waals surface area contributed by atoms with Gasteiger partial charge in [0, 0.05) is 22.6 Å². The Bertz CT molecular complexity index is 777. The second-order valence-electron chi connectivity index (χ2n) is 5.46. The van der Waals surface area contributed by atoms with Crippen molar-refractivity contribution in [2.24, 2.45) is 0 Å². The largest absolute Gasteiger partial charge is 0.405 e. The van der Waals surface area contributed by atoms with Crippen molar-refractivity contribution >= 4 is 29.3 Å². The fourth-order valence-corrected chi connectivity index (χ4v) is 2.67. The maximum atomic E-state index is 12.3. The molecule has 138 valence electrons. The van der Waals surface area contributed by atoms with Gasteiger partial charge in [-0.15, -0.1) is 0 Å². The summed E-state index contributed by atoms with van der Waals surface area (Å²) in [7, 11) is 0. The van der Waals surface area contributed by atoms with Crippen LogP contribution in [0, 0.1) is 0 Å². The van der Waals surface area contributed by atoms with Gasteiger partial charge in [-0.1, -0.05) is 18.2 Å². The Kier molecular flexibility index (Phi) is 6.68. The second-order valence-corrected chi connectivity index (χ2v) is 6.33. The molecule has 2 rings (SSSR count). The molecule has 0 radical (unpaired) electrons. The topological polar surface area (TPSA) is 58.2 Å². The average molecular weight is 382 g/mol. The van der Waals surface area contributed by atoms with Crippen LogP contribution in [0.25, 0.3) is 0 Å². The van der Waals surface area contributed by atoms with E-state index in [2.05, 4.69) is 5.32 Å². The van der Waals surface area contributed by atoms with E-state index in [0.717, 1.165) is 11.3 Å². The van der Waals surface area contributed by atoms with Crippen LogP contribution in [0.2, 0.25) is 0 Å². The lowest BCUT2D eigenvalue weighted by molar-refractivity contribution is -0.123. The fraction of sp³-hybridized carbons (Fsp3) is 0.222. The Morgan fingerprint density at radius 3 is 2.31 bits per heavy atom.